The Morgan fingerprint density at radius 1 is 1.35 bits per heavy atom. The van der Waals surface area contributed by atoms with Crippen LogP contribution in [0, 0.1) is 0 Å². The standard InChI is InChI=1S/C17H18F2N2O4S/c1-23-14-8-11(2-3-13(14)25-17(18)19)12-10-26-15(20-12)9-16(22)21-4-6-24-7-5-21/h2-3,8,10,17H,4-7,9H2,1H3. The van der Waals surface area contributed by atoms with Crippen molar-refractivity contribution in [2.24, 2.45) is 0 Å². The lowest BCUT2D eigenvalue weighted by Crippen LogP contribution is -2.41. The summed E-state index contributed by atoms with van der Waals surface area (Å²) in [5.74, 6) is 0.179. The molecule has 1 aliphatic heterocycles. The number of ether oxygens (including phenoxy) is 3. The number of hydrogen-bond acceptors (Lipinski definition) is 6. The van der Waals surface area contributed by atoms with Gasteiger partial charge in [-0.05, 0) is 18.2 Å². The van der Waals surface area contributed by atoms with E-state index in [4.69, 9.17) is 9.47 Å². The Balaban J connectivity index is 1.71. The maximum Gasteiger partial charge on any atom is 0.387 e. The number of carbonyl (C=O) groups excluding carboxylic acids is 1. The molecule has 9 heteroatoms. The quantitative estimate of drug-likeness (QED) is 0.767. The van der Waals surface area contributed by atoms with E-state index in [9.17, 15) is 13.6 Å². The molecule has 0 saturated carbocycles. The van der Waals surface area contributed by atoms with Crippen molar-refractivity contribution in [2.45, 2.75) is 13.0 Å². The van der Waals surface area contributed by atoms with Gasteiger partial charge in [-0.1, -0.05) is 0 Å². The zero-order chi connectivity index (χ0) is 18.5. The Hall–Kier alpha value is -2.26. The highest BCUT2D eigenvalue weighted by atomic mass is 32.1. The van der Waals surface area contributed by atoms with E-state index >= 15 is 0 Å². The van der Waals surface area contributed by atoms with Crippen LogP contribution in [0.2, 0.25) is 0 Å². The van der Waals surface area contributed by atoms with Gasteiger partial charge >= 0.3 is 6.61 Å². The van der Waals surface area contributed by atoms with Crippen LogP contribution in [0.4, 0.5) is 8.78 Å². The number of amides is 1. The number of methoxy groups -OCH3 is 1. The minimum Gasteiger partial charge on any atom is -0.493 e. The second-order valence-corrected chi connectivity index (χ2v) is 6.48. The lowest BCUT2D eigenvalue weighted by molar-refractivity contribution is -0.134. The maximum atomic E-state index is 12.4. The Morgan fingerprint density at radius 2 is 2.12 bits per heavy atom. The Bertz CT molecular complexity index is 763. The van der Waals surface area contributed by atoms with E-state index in [0.717, 1.165) is 0 Å². The van der Waals surface area contributed by atoms with Crippen molar-refractivity contribution in [1.82, 2.24) is 9.88 Å². The van der Waals surface area contributed by atoms with E-state index in [0.29, 0.717) is 42.6 Å². The second kappa shape index (κ2) is 8.41. The first-order valence-corrected chi connectivity index (χ1v) is 8.88. The van der Waals surface area contributed by atoms with Crippen molar-refractivity contribution in [3.05, 3.63) is 28.6 Å². The predicted octanol–water partition coefficient (Wildman–Crippen LogP) is 2.82. The fourth-order valence-corrected chi connectivity index (χ4v) is 3.39. The molecule has 1 aromatic carbocycles. The van der Waals surface area contributed by atoms with Crippen LogP contribution in [0.5, 0.6) is 11.5 Å². The molecule has 0 unspecified atom stereocenters. The highest BCUT2D eigenvalue weighted by Crippen LogP contribution is 2.33. The number of aromatic nitrogens is 1. The highest BCUT2D eigenvalue weighted by Gasteiger charge is 2.19. The summed E-state index contributed by atoms with van der Waals surface area (Å²) in [6.07, 6.45) is 0.231. The van der Waals surface area contributed by atoms with Gasteiger partial charge in [-0.15, -0.1) is 11.3 Å². The Morgan fingerprint density at radius 3 is 2.81 bits per heavy atom. The molecule has 2 aromatic rings. The number of alkyl halides is 2. The van der Waals surface area contributed by atoms with Crippen LogP contribution < -0.4 is 9.47 Å². The largest absolute Gasteiger partial charge is 0.493 e. The normalized spacial score (nSPS) is 14.5. The van der Waals surface area contributed by atoms with Gasteiger partial charge in [0.05, 0.1) is 32.4 Å². The molecule has 0 atom stereocenters. The molecule has 1 amide bonds. The van der Waals surface area contributed by atoms with E-state index in [1.54, 1.807) is 17.0 Å². The smallest absolute Gasteiger partial charge is 0.387 e. The summed E-state index contributed by atoms with van der Waals surface area (Å²) in [5, 5.41) is 2.52. The van der Waals surface area contributed by atoms with Crippen molar-refractivity contribution < 1.29 is 27.8 Å². The van der Waals surface area contributed by atoms with Crippen molar-refractivity contribution in [3.63, 3.8) is 0 Å². The van der Waals surface area contributed by atoms with E-state index in [1.165, 1.54) is 24.5 Å². The molecule has 6 nitrogen and oxygen atoms in total. The van der Waals surface area contributed by atoms with Crippen LogP contribution in [-0.2, 0) is 16.0 Å². The first-order chi connectivity index (χ1) is 12.6. The average Bonchev–Trinajstić information content (AvgIpc) is 3.10. The van der Waals surface area contributed by atoms with Gasteiger partial charge in [0.15, 0.2) is 11.5 Å². The van der Waals surface area contributed by atoms with Crippen LogP contribution in [-0.4, -0.2) is 55.8 Å². The van der Waals surface area contributed by atoms with Crippen LogP contribution in [0.3, 0.4) is 0 Å². The minimum atomic E-state index is -2.92. The molecule has 0 spiro atoms. The number of hydrogen-bond donors (Lipinski definition) is 0. The number of morpholine rings is 1. The minimum absolute atomic E-state index is 0.0208. The predicted molar refractivity (Wildman–Crippen MR) is 91.8 cm³/mol. The number of halogens is 2. The van der Waals surface area contributed by atoms with E-state index in [1.807, 2.05) is 5.38 Å². The molecule has 0 bridgehead atoms. The van der Waals surface area contributed by atoms with Gasteiger partial charge in [0, 0.05) is 24.0 Å². The molecule has 0 aliphatic carbocycles. The molecule has 26 heavy (non-hydrogen) atoms. The summed E-state index contributed by atoms with van der Waals surface area (Å²) in [6.45, 7) is -0.616. The van der Waals surface area contributed by atoms with E-state index < -0.39 is 6.61 Å². The number of carbonyl (C=O) groups is 1. The SMILES string of the molecule is COc1cc(-c2csc(CC(=O)N3CCOCC3)n2)ccc1OC(F)F. The van der Waals surface area contributed by atoms with E-state index in [2.05, 4.69) is 9.72 Å². The molecule has 0 N–H and O–H groups in total. The summed E-state index contributed by atoms with van der Waals surface area (Å²) in [6, 6.07) is 4.63. The van der Waals surface area contributed by atoms with Crippen molar-refractivity contribution in [3.8, 4) is 22.8 Å². The monoisotopic (exact) mass is 384 g/mol. The molecule has 3 rings (SSSR count). The molecule has 140 valence electrons. The van der Waals surface area contributed by atoms with Crippen LogP contribution in [0.1, 0.15) is 5.01 Å². The van der Waals surface area contributed by atoms with Gasteiger partial charge in [-0.3, -0.25) is 4.79 Å². The van der Waals surface area contributed by atoms with Crippen LogP contribution in [0.15, 0.2) is 23.6 Å². The summed E-state index contributed by atoms with van der Waals surface area (Å²) in [7, 11) is 1.38. The van der Waals surface area contributed by atoms with Crippen molar-refractivity contribution in [1.29, 1.82) is 0 Å². The fraction of sp³-hybridized carbons (Fsp3) is 0.412. The summed E-state index contributed by atoms with van der Waals surface area (Å²) < 4.78 is 39.6. The molecule has 1 aliphatic rings. The average molecular weight is 384 g/mol. The number of nitrogens with zero attached hydrogens (tertiary/aromatic N) is 2. The molecule has 0 radical (unpaired) electrons. The third-order valence-corrected chi connectivity index (χ3v) is 4.74. The zero-order valence-electron chi connectivity index (χ0n) is 14.1. The number of thiazole rings is 1. The molecule has 1 saturated heterocycles. The maximum absolute atomic E-state index is 12.4. The summed E-state index contributed by atoms with van der Waals surface area (Å²) in [5.41, 5.74) is 1.35. The lowest BCUT2D eigenvalue weighted by Gasteiger charge is -2.26. The third kappa shape index (κ3) is 4.47. The van der Waals surface area contributed by atoms with Gasteiger partial charge < -0.3 is 19.1 Å². The first-order valence-electron chi connectivity index (χ1n) is 8.00. The van der Waals surface area contributed by atoms with Gasteiger partial charge in [0.25, 0.3) is 0 Å². The van der Waals surface area contributed by atoms with Crippen molar-refractivity contribution >= 4 is 17.2 Å². The third-order valence-electron chi connectivity index (χ3n) is 3.89. The van der Waals surface area contributed by atoms with Gasteiger partial charge in [-0.2, -0.15) is 8.78 Å². The van der Waals surface area contributed by atoms with Crippen LogP contribution >= 0.6 is 11.3 Å². The molecule has 2 heterocycles. The van der Waals surface area contributed by atoms with Gasteiger partial charge in [-0.25, -0.2) is 4.98 Å². The lowest BCUT2D eigenvalue weighted by atomic mass is 10.1. The Labute approximate surface area is 153 Å². The molecular formula is C17H18F2N2O4S. The number of rotatable bonds is 6. The molecular weight excluding hydrogens is 366 g/mol. The molecule has 1 aromatic heterocycles. The number of benzene rings is 1. The fourth-order valence-electron chi connectivity index (χ4n) is 2.60. The van der Waals surface area contributed by atoms with Crippen LogP contribution in [0.25, 0.3) is 11.3 Å². The summed E-state index contributed by atoms with van der Waals surface area (Å²) in [4.78, 5) is 18.5. The highest BCUT2D eigenvalue weighted by molar-refractivity contribution is 7.10. The second-order valence-electron chi connectivity index (χ2n) is 5.54. The topological polar surface area (TPSA) is 60.9 Å². The van der Waals surface area contributed by atoms with Crippen molar-refractivity contribution in [2.75, 3.05) is 33.4 Å². The van der Waals surface area contributed by atoms with Gasteiger partial charge in [0.1, 0.15) is 5.01 Å². The summed E-state index contributed by atoms with van der Waals surface area (Å²) >= 11 is 1.38. The molecule has 1 fully saturated rings. The first kappa shape index (κ1) is 18.5. The zero-order valence-corrected chi connectivity index (χ0v) is 14.9. The van der Waals surface area contributed by atoms with Gasteiger partial charge in [0.2, 0.25) is 5.91 Å². The van der Waals surface area contributed by atoms with E-state index in [-0.39, 0.29) is 23.8 Å². The Kier molecular flexibility index (Phi) is 6.00.